The van der Waals surface area contributed by atoms with Crippen molar-refractivity contribution in [3.8, 4) is 11.5 Å². The van der Waals surface area contributed by atoms with Gasteiger partial charge in [0.2, 0.25) is 5.91 Å². The average molecular weight is 471 g/mol. The van der Waals surface area contributed by atoms with Gasteiger partial charge in [-0.2, -0.15) is 0 Å². The highest BCUT2D eigenvalue weighted by Crippen LogP contribution is 2.32. The molecule has 2 heterocycles. The maximum absolute atomic E-state index is 13.0. The molecular weight excluding hydrogens is 444 g/mol. The number of aromatic nitrogens is 2. The molecule has 5 rings (SSSR count). The van der Waals surface area contributed by atoms with Gasteiger partial charge in [0.25, 0.3) is 5.91 Å². The Labute approximate surface area is 202 Å². The molecule has 0 radical (unpaired) electrons. The van der Waals surface area contributed by atoms with Gasteiger partial charge in [-0.05, 0) is 50.2 Å². The van der Waals surface area contributed by atoms with Crippen LogP contribution in [0.15, 0.2) is 66.7 Å². The van der Waals surface area contributed by atoms with E-state index < -0.39 is 6.04 Å². The van der Waals surface area contributed by atoms with Gasteiger partial charge in [0.05, 0.1) is 17.1 Å². The van der Waals surface area contributed by atoms with E-state index in [1.54, 1.807) is 24.3 Å². The zero-order valence-electron chi connectivity index (χ0n) is 19.6. The number of para-hydroxylation sites is 2. The number of rotatable bonds is 6. The Morgan fingerprint density at radius 1 is 1.00 bits per heavy atom. The maximum Gasteiger partial charge on any atom is 0.251 e. The maximum atomic E-state index is 13.0. The quantitative estimate of drug-likeness (QED) is 0.440. The van der Waals surface area contributed by atoms with E-state index in [1.165, 1.54) is 0 Å². The molecule has 178 valence electrons. The number of carbonyl (C=O) groups is 2. The van der Waals surface area contributed by atoms with E-state index in [-0.39, 0.29) is 18.4 Å². The summed E-state index contributed by atoms with van der Waals surface area (Å²) in [5.74, 6) is 1.46. The highest BCUT2D eigenvalue weighted by atomic mass is 16.6. The van der Waals surface area contributed by atoms with E-state index in [4.69, 9.17) is 14.5 Å². The van der Waals surface area contributed by atoms with Gasteiger partial charge in [0.1, 0.15) is 25.6 Å². The predicted molar refractivity (Wildman–Crippen MR) is 133 cm³/mol. The summed E-state index contributed by atoms with van der Waals surface area (Å²) < 4.78 is 13.0. The van der Waals surface area contributed by atoms with Crippen LogP contribution >= 0.6 is 0 Å². The molecule has 0 spiro atoms. The lowest BCUT2D eigenvalue weighted by molar-refractivity contribution is -0.116. The van der Waals surface area contributed by atoms with Crippen molar-refractivity contribution in [3.05, 3.63) is 83.7 Å². The number of carbonyl (C=O) groups excluding carboxylic acids is 2. The van der Waals surface area contributed by atoms with Gasteiger partial charge in [-0.25, -0.2) is 4.98 Å². The standard InChI is InChI=1S/C27H26N4O4/c1-17-6-5-7-19(14-17)27(33)28-18(2)26-30-21-8-3-4-9-22(21)31(26)16-25(32)29-20-10-11-23-24(15-20)35-13-12-34-23/h3-11,14-15,18H,12-13,16H2,1-2H3,(H,28,33)(H,29,32). The number of hydrogen-bond acceptors (Lipinski definition) is 5. The highest BCUT2D eigenvalue weighted by molar-refractivity contribution is 5.95. The molecule has 4 aromatic rings. The van der Waals surface area contributed by atoms with Crippen LogP contribution in [0.4, 0.5) is 5.69 Å². The zero-order valence-corrected chi connectivity index (χ0v) is 19.6. The highest BCUT2D eigenvalue weighted by Gasteiger charge is 2.21. The molecule has 1 unspecified atom stereocenters. The Morgan fingerprint density at radius 3 is 2.63 bits per heavy atom. The minimum Gasteiger partial charge on any atom is -0.486 e. The van der Waals surface area contributed by atoms with Crippen LogP contribution in [0.1, 0.15) is 34.7 Å². The largest absolute Gasteiger partial charge is 0.486 e. The molecule has 1 aliphatic rings. The molecule has 1 aliphatic heterocycles. The van der Waals surface area contributed by atoms with Crippen LogP contribution in [0, 0.1) is 6.92 Å². The first-order chi connectivity index (χ1) is 17.0. The van der Waals surface area contributed by atoms with Crippen LogP contribution in [0.5, 0.6) is 11.5 Å². The van der Waals surface area contributed by atoms with Crippen LogP contribution in [-0.4, -0.2) is 34.6 Å². The molecule has 2 amide bonds. The molecule has 0 aliphatic carbocycles. The summed E-state index contributed by atoms with van der Waals surface area (Å²) in [7, 11) is 0. The van der Waals surface area contributed by atoms with E-state index in [0.29, 0.717) is 41.8 Å². The van der Waals surface area contributed by atoms with Crippen LogP contribution in [-0.2, 0) is 11.3 Å². The van der Waals surface area contributed by atoms with Crippen molar-refractivity contribution in [1.29, 1.82) is 0 Å². The third-order valence-corrected chi connectivity index (χ3v) is 5.83. The molecule has 2 N–H and O–H groups in total. The summed E-state index contributed by atoms with van der Waals surface area (Å²) >= 11 is 0. The van der Waals surface area contributed by atoms with Gasteiger partial charge < -0.3 is 24.7 Å². The van der Waals surface area contributed by atoms with E-state index in [2.05, 4.69) is 10.6 Å². The number of ether oxygens (including phenoxy) is 2. The van der Waals surface area contributed by atoms with Gasteiger partial charge >= 0.3 is 0 Å². The summed E-state index contributed by atoms with van der Waals surface area (Å²) in [6.07, 6.45) is 0. The molecule has 0 bridgehead atoms. The number of nitrogens with zero attached hydrogens (tertiary/aromatic N) is 2. The van der Waals surface area contributed by atoms with Crippen LogP contribution in [0.3, 0.4) is 0 Å². The first kappa shape index (κ1) is 22.5. The van der Waals surface area contributed by atoms with E-state index in [1.807, 2.05) is 60.9 Å². The fourth-order valence-corrected chi connectivity index (χ4v) is 4.19. The van der Waals surface area contributed by atoms with Crippen molar-refractivity contribution >= 4 is 28.5 Å². The lowest BCUT2D eigenvalue weighted by Crippen LogP contribution is -2.30. The monoisotopic (exact) mass is 470 g/mol. The topological polar surface area (TPSA) is 94.5 Å². The number of anilines is 1. The summed E-state index contributed by atoms with van der Waals surface area (Å²) in [6, 6.07) is 19.9. The summed E-state index contributed by atoms with van der Waals surface area (Å²) in [4.78, 5) is 30.6. The molecule has 1 aromatic heterocycles. The van der Waals surface area contributed by atoms with Crippen molar-refractivity contribution in [2.45, 2.75) is 26.4 Å². The van der Waals surface area contributed by atoms with Crippen LogP contribution in [0.2, 0.25) is 0 Å². The normalized spacial score (nSPS) is 13.3. The van der Waals surface area contributed by atoms with E-state index >= 15 is 0 Å². The Balaban J connectivity index is 1.37. The lowest BCUT2D eigenvalue weighted by Gasteiger charge is -2.19. The summed E-state index contributed by atoms with van der Waals surface area (Å²) in [6.45, 7) is 4.83. The van der Waals surface area contributed by atoms with Gasteiger partial charge in [-0.15, -0.1) is 0 Å². The second kappa shape index (κ2) is 9.50. The molecule has 35 heavy (non-hydrogen) atoms. The van der Waals surface area contributed by atoms with Crippen LogP contribution in [0.25, 0.3) is 11.0 Å². The van der Waals surface area contributed by atoms with Gasteiger partial charge in [0.15, 0.2) is 11.5 Å². The third-order valence-electron chi connectivity index (χ3n) is 5.83. The number of amides is 2. The zero-order chi connectivity index (χ0) is 24.4. The second-order valence-electron chi connectivity index (χ2n) is 8.52. The Kier molecular flexibility index (Phi) is 6.10. The number of benzene rings is 3. The fourth-order valence-electron chi connectivity index (χ4n) is 4.19. The van der Waals surface area contributed by atoms with E-state index in [9.17, 15) is 9.59 Å². The minimum atomic E-state index is -0.419. The van der Waals surface area contributed by atoms with Crippen molar-refractivity contribution in [1.82, 2.24) is 14.9 Å². The Hall–Kier alpha value is -4.33. The van der Waals surface area contributed by atoms with Gasteiger partial charge in [-0.1, -0.05) is 29.8 Å². The molecule has 8 nitrogen and oxygen atoms in total. The SMILES string of the molecule is Cc1cccc(C(=O)NC(C)c2nc3ccccc3n2CC(=O)Nc2ccc3c(c2)OCCO3)c1. The molecule has 0 fully saturated rings. The molecule has 1 atom stereocenters. The summed E-state index contributed by atoms with van der Waals surface area (Å²) in [5.41, 5.74) is 3.78. The third kappa shape index (κ3) is 4.82. The van der Waals surface area contributed by atoms with Crippen molar-refractivity contribution in [3.63, 3.8) is 0 Å². The molecule has 0 saturated heterocycles. The second-order valence-corrected chi connectivity index (χ2v) is 8.52. The first-order valence-electron chi connectivity index (χ1n) is 11.5. The van der Waals surface area contributed by atoms with Crippen LogP contribution < -0.4 is 20.1 Å². The van der Waals surface area contributed by atoms with Crippen molar-refractivity contribution in [2.24, 2.45) is 0 Å². The fraction of sp³-hybridized carbons (Fsp3) is 0.222. The molecule has 3 aromatic carbocycles. The number of fused-ring (bicyclic) bond motifs is 2. The Bertz CT molecular complexity index is 1410. The Morgan fingerprint density at radius 2 is 1.80 bits per heavy atom. The van der Waals surface area contributed by atoms with E-state index in [0.717, 1.165) is 16.6 Å². The lowest BCUT2D eigenvalue weighted by atomic mass is 10.1. The average Bonchev–Trinajstić information content (AvgIpc) is 3.22. The molecule has 8 heteroatoms. The number of aryl methyl sites for hydroxylation is 1. The molecule has 0 saturated carbocycles. The van der Waals surface area contributed by atoms with Crippen molar-refractivity contribution < 1.29 is 19.1 Å². The minimum absolute atomic E-state index is 0.0367. The summed E-state index contributed by atoms with van der Waals surface area (Å²) in [5, 5.41) is 5.94. The molecular formula is C27H26N4O4. The number of imidazole rings is 1. The smallest absolute Gasteiger partial charge is 0.251 e. The number of nitrogens with one attached hydrogen (secondary N) is 2. The number of hydrogen-bond donors (Lipinski definition) is 2. The first-order valence-corrected chi connectivity index (χ1v) is 11.5. The van der Waals surface area contributed by atoms with Gasteiger partial charge in [-0.3, -0.25) is 9.59 Å². The van der Waals surface area contributed by atoms with Gasteiger partial charge in [0, 0.05) is 17.3 Å². The predicted octanol–water partition coefficient (Wildman–Crippen LogP) is 4.25. The van der Waals surface area contributed by atoms with Crippen molar-refractivity contribution in [2.75, 3.05) is 18.5 Å².